The van der Waals surface area contributed by atoms with Crippen LogP contribution in [-0.4, -0.2) is 32.6 Å². The molecule has 2 heterocycles. The van der Waals surface area contributed by atoms with Gasteiger partial charge in [0.2, 0.25) is 0 Å². The molecule has 7 nitrogen and oxygen atoms in total. The maximum Gasteiger partial charge on any atom is 0.337 e. The number of rotatable bonds is 4. The zero-order valence-corrected chi connectivity index (χ0v) is 21.1. The number of carbonyl (C=O) groups excluding carboxylic acids is 2. The number of carbonyl (C=O) groups is 3. The van der Waals surface area contributed by atoms with E-state index in [0.717, 1.165) is 10.2 Å². The first-order valence-electron chi connectivity index (χ1n) is 9.97. The van der Waals surface area contributed by atoms with Gasteiger partial charge in [0.1, 0.15) is 5.57 Å². The lowest BCUT2D eigenvalue weighted by atomic mass is 10.1. The SMILES string of the molecule is Cc1cc(C=C2C(=O)NC(=S)N(c3cccc(Br)c3)C2=O)c(C)n1-c1ccc(Cl)c(C(=O)O)c1. The Morgan fingerprint density at radius 2 is 1.85 bits per heavy atom. The van der Waals surface area contributed by atoms with E-state index < -0.39 is 17.8 Å². The number of aryl methyl sites for hydroxylation is 1. The zero-order chi connectivity index (χ0) is 24.7. The fourth-order valence-electron chi connectivity index (χ4n) is 3.81. The molecule has 0 atom stereocenters. The van der Waals surface area contributed by atoms with Crippen molar-refractivity contribution in [2.24, 2.45) is 0 Å². The largest absolute Gasteiger partial charge is 0.478 e. The Morgan fingerprint density at radius 3 is 2.53 bits per heavy atom. The van der Waals surface area contributed by atoms with Crippen molar-refractivity contribution in [1.82, 2.24) is 9.88 Å². The summed E-state index contributed by atoms with van der Waals surface area (Å²) in [5.41, 5.74) is 3.14. The van der Waals surface area contributed by atoms with Crippen LogP contribution in [0.2, 0.25) is 5.02 Å². The second kappa shape index (κ2) is 9.17. The highest BCUT2D eigenvalue weighted by Crippen LogP contribution is 2.28. The first kappa shape index (κ1) is 23.9. The number of hydrogen-bond donors (Lipinski definition) is 2. The molecule has 10 heteroatoms. The van der Waals surface area contributed by atoms with E-state index in [-0.39, 0.29) is 21.3 Å². The lowest BCUT2D eigenvalue weighted by Gasteiger charge is -2.29. The summed E-state index contributed by atoms with van der Waals surface area (Å²) >= 11 is 14.6. The average Bonchev–Trinajstić information content (AvgIpc) is 3.04. The van der Waals surface area contributed by atoms with Gasteiger partial charge in [0.15, 0.2) is 5.11 Å². The van der Waals surface area contributed by atoms with Crippen LogP contribution in [0.15, 0.2) is 58.6 Å². The Morgan fingerprint density at radius 1 is 1.12 bits per heavy atom. The minimum atomic E-state index is -1.13. The Hall–Kier alpha value is -3.27. The van der Waals surface area contributed by atoms with Crippen LogP contribution in [0.3, 0.4) is 0 Å². The van der Waals surface area contributed by atoms with Gasteiger partial charge in [-0.2, -0.15) is 0 Å². The van der Waals surface area contributed by atoms with E-state index in [1.54, 1.807) is 24.3 Å². The maximum absolute atomic E-state index is 13.3. The van der Waals surface area contributed by atoms with Crippen LogP contribution in [0.1, 0.15) is 27.3 Å². The van der Waals surface area contributed by atoms with Gasteiger partial charge in [0.25, 0.3) is 11.8 Å². The molecule has 172 valence electrons. The van der Waals surface area contributed by atoms with Crippen LogP contribution >= 0.6 is 39.7 Å². The molecule has 2 aromatic carbocycles. The predicted octanol–water partition coefficient (Wildman–Crippen LogP) is 5.04. The summed E-state index contributed by atoms with van der Waals surface area (Å²) in [6.07, 6.45) is 1.51. The molecule has 4 rings (SSSR count). The number of carboxylic acid groups (broad SMARTS) is 1. The van der Waals surface area contributed by atoms with Gasteiger partial charge in [-0.25, -0.2) is 4.79 Å². The van der Waals surface area contributed by atoms with Crippen molar-refractivity contribution in [2.75, 3.05) is 4.90 Å². The Kier molecular flexibility index (Phi) is 6.44. The molecular weight excluding hydrogens is 542 g/mol. The van der Waals surface area contributed by atoms with Crippen molar-refractivity contribution in [2.45, 2.75) is 13.8 Å². The molecule has 1 fully saturated rings. The second-order valence-electron chi connectivity index (χ2n) is 7.57. The van der Waals surface area contributed by atoms with Crippen molar-refractivity contribution >= 4 is 74.4 Å². The van der Waals surface area contributed by atoms with Gasteiger partial charge in [0, 0.05) is 21.5 Å². The third-order valence-electron chi connectivity index (χ3n) is 5.38. The van der Waals surface area contributed by atoms with Crippen molar-refractivity contribution in [3.05, 3.63) is 86.1 Å². The summed E-state index contributed by atoms with van der Waals surface area (Å²) in [5.74, 6) is -2.27. The number of aromatic carboxylic acids is 1. The van der Waals surface area contributed by atoms with Crippen molar-refractivity contribution in [3.8, 4) is 5.69 Å². The first-order chi connectivity index (χ1) is 16.1. The van der Waals surface area contributed by atoms with Crippen LogP contribution in [0.4, 0.5) is 5.69 Å². The lowest BCUT2D eigenvalue weighted by Crippen LogP contribution is -2.54. The molecule has 1 aliphatic heterocycles. The van der Waals surface area contributed by atoms with Gasteiger partial charge in [0.05, 0.1) is 16.3 Å². The second-order valence-corrected chi connectivity index (χ2v) is 9.28. The predicted molar refractivity (Wildman–Crippen MR) is 138 cm³/mol. The van der Waals surface area contributed by atoms with E-state index in [1.165, 1.54) is 23.1 Å². The quantitative estimate of drug-likeness (QED) is 0.266. The van der Waals surface area contributed by atoms with Crippen molar-refractivity contribution in [1.29, 1.82) is 0 Å². The zero-order valence-electron chi connectivity index (χ0n) is 17.9. The molecule has 1 saturated heterocycles. The van der Waals surface area contributed by atoms with Gasteiger partial charge < -0.3 is 9.67 Å². The molecule has 0 radical (unpaired) electrons. The lowest BCUT2D eigenvalue weighted by molar-refractivity contribution is -0.122. The number of anilines is 1. The number of nitrogens with zero attached hydrogens (tertiary/aromatic N) is 2. The van der Waals surface area contributed by atoms with E-state index >= 15 is 0 Å². The third kappa shape index (κ3) is 4.29. The fraction of sp³-hybridized carbons (Fsp3) is 0.0833. The highest BCUT2D eigenvalue weighted by molar-refractivity contribution is 9.10. The van der Waals surface area contributed by atoms with Crippen LogP contribution in [0.25, 0.3) is 11.8 Å². The van der Waals surface area contributed by atoms with Gasteiger partial charge in [-0.05, 0) is 80.2 Å². The summed E-state index contributed by atoms with van der Waals surface area (Å²) in [7, 11) is 0. The number of halogens is 2. The molecule has 1 aliphatic rings. The number of thiocarbonyl (C=S) groups is 1. The topological polar surface area (TPSA) is 91.6 Å². The third-order valence-corrected chi connectivity index (χ3v) is 6.48. The Balaban J connectivity index is 1.78. The molecule has 2 amide bonds. The molecule has 0 bridgehead atoms. The molecule has 0 aliphatic carbocycles. The minimum Gasteiger partial charge on any atom is -0.478 e. The summed E-state index contributed by atoms with van der Waals surface area (Å²) in [5, 5.41) is 12.1. The van der Waals surface area contributed by atoms with Crippen LogP contribution < -0.4 is 10.2 Å². The molecule has 34 heavy (non-hydrogen) atoms. The highest BCUT2D eigenvalue weighted by Gasteiger charge is 2.34. The molecule has 3 aromatic rings. The summed E-state index contributed by atoms with van der Waals surface area (Å²) < 4.78 is 2.59. The maximum atomic E-state index is 13.3. The molecular formula is C24H17BrClN3O4S. The van der Waals surface area contributed by atoms with E-state index in [9.17, 15) is 19.5 Å². The van der Waals surface area contributed by atoms with Crippen LogP contribution in [0.5, 0.6) is 0 Å². The number of carboxylic acids is 1. The monoisotopic (exact) mass is 557 g/mol. The Labute approximate surface area is 213 Å². The molecule has 0 unspecified atom stereocenters. The van der Waals surface area contributed by atoms with Crippen LogP contribution in [-0.2, 0) is 9.59 Å². The van der Waals surface area contributed by atoms with Gasteiger partial charge in [-0.1, -0.05) is 33.6 Å². The average molecular weight is 559 g/mol. The normalized spacial score (nSPS) is 15.1. The molecule has 0 saturated carbocycles. The highest BCUT2D eigenvalue weighted by atomic mass is 79.9. The number of nitrogens with one attached hydrogen (secondary N) is 1. The summed E-state index contributed by atoms with van der Waals surface area (Å²) in [6, 6.07) is 13.5. The van der Waals surface area contributed by atoms with Crippen LogP contribution in [0, 0.1) is 13.8 Å². The Bertz CT molecular complexity index is 1430. The standard InChI is InChI=1S/C24H17BrClN3O4S/c1-12-8-14(13(2)28(12)17-6-7-20(26)18(11-17)23(32)33)9-19-21(30)27-24(34)29(22(19)31)16-5-3-4-15(25)10-16/h3-11H,1-2H3,(H,32,33)(H,27,30,34). The minimum absolute atomic E-state index is 0.00177. The van der Waals surface area contributed by atoms with E-state index in [2.05, 4.69) is 21.2 Å². The van der Waals surface area contributed by atoms with E-state index in [0.29, 0.717) is 22.6 Å². The summed E-state index contributed by atoms with van der Waals surface area (Å²) in [6.45, 7) is 3.66. The summed E-state index contributed by atoms with van der Waals surface area (Å²) in [4.78, 5) is 38.8. The molecule has 1 aromatic heterocycles. The number of benzene rings is 2. The smallest absolute Gasteiger partial charge is 0.337 e. The number of hydrogen-bond acceptors (Lipinski definition) is 4. The molecule has 2 N–H and O–H groups in total. The van der Waals surface area contributed by atoms with Gasteiger partial charge >= 0.3 is 5.97 Å². The number of amides is 2. The number of aromatic nitrogens is 1. The van der Waals surface area contributed by atoms with Crippen molar-refractivity contribution in [3.63, 3.8) is 0 Å². The fourth-order valence-corrected chi connectivity index (χ4v) is 4.68. The van der Waals surface area contributed by atoms with E-state index in [4.69, 9.17) is 23.8 Å². The van der Waals surface area contributed by atoms with Crippen molar-refractivity contribution < 1.29 is 19.5 Å². The molecule has 0 spiro atoms. The van der Waals surface area contributed by atoms with E-state index in [1.807, 2.05) is 30.5 Å². The van der Waals surface area contributed by atoms with Gasteiger partial charge in [-0.15, -0.1) is 0 Å². The first-order valence-corrected chi connectivity index (χ1v) is 11.6. The van der Waals surface area contributed by atoms with Gasteiger partial charge in [-0.3, -0.25) is 19.8 Å².